The Balaban J connectivity index is 1.87. The fourth-order valence-electron chi connectivity index (χ4n) is 2.30. The highest BCUT2D eigenvalue weighted by atomic mass is 16.5. The number of para-hydroxylation sites is 2. The summed E-state index contributed by atoms with van der Waals surface area (Å²) in [5, 5.41) is 0. The first-order valence-corrected chi connectivity index (χ1v) is 6.05. The summed E-state index contributed by atoms with van der Waals surface area (Å²) in [6.07, 6.45) is 0. The first-order valence-electron chi connectivity index (χ1n) is 6.05. The molecule has 0 atom stereocenters. The second-order valence-electron chi connectivity index (χ2n) is 4.46. The lowest BCUT2D eigenvalue weighted by Gasteiger charge is -2.26. The van der Waals surface area contributed by atoms with Gasteiger partial charge in [0.2, 0.25) is 0 Å². The van der Waals surface area contributed by atoms with Gasteiger partial charge in [0.25, 0.3) is 0 Å². The Morgan fingerprint density at radius 1 is 1.24 bits per heavy atom. The summed E-state index contributed by atoms with van der Waals surface area (Å²) in [6, 6.07) is 8.28. The van der Waals surface area contributed by atoms with Crippen LogP contribution in [-0.4, -0.2) is 40.8 Å². The molecule has 0 radical (unpaired) electrons. The quantitative estimate of drug-likeness (QED) is 0.782. The Kier molecular flexibility index (Phi) is 2.82. The number of imidazole rings is 1. The fourth-order valence-corrected chi connectivity index (χ4v) is 2.30. The molecule has 0 N–H and O–H groups in total. The molecule has 0 bridgehead atoms. The highest BCUT2D eigenvalue weighted by molar-refractivity contribution is 5.75. The Labute approximate surface area is 101 Å². The molecule has 4 nitrogen and oxygen atoms in total. The molecule has 2 aromatic rings. The summed E-state index contributed by atoms with van der Waals surface area (Å²) in [7, 11) is 2.09. The van der Waals surface area contributed by atoms with E-state index in [0.29, 0.717) is 0 Å². The Morgan fingerprint density at radius 2 is 2.00 bits per heavy atom. The highest BCUT2D eigenvalue weighted by Crippen LogP contribution is 2.15. The van der Waals surface area contributed by atoms with Crippen LogP contribution in [0.5, 0.6) is 0 Å². The maximum Gasteiger partial charge on any atom is 0.123 e. The molecule has 1 aliphatic heterocycles. The molecule has 1 aliphatic rings. The average molecular weight is 231 g/mol. The third-order valence-corrected chi connectivity index (χ3v) is 3.35. The number of nitrogens with zero attached hydrogens (tertiary/aromatic N) is 3. The van der Waals surface area contributed by atoms with E-state index in [2.05, 4.69) is 39.7 Å². The summed E-state index contributed by atoms with van der Waals surface area (Å²) < 4.78 is 7.54. The van der Waals surface area contributed by atoms with Crippen LogP contribution in [0.3, 0.4) is 0 Å². The van der Waals surface area contributed by atoms with Crippen molar-refractivity contribution in [1.82, 2.24) is 14.5 Å². The minimum absolute atomic E-state index is 0.837. The minimum Gasteiger partial charge on any atom is -0.379 e. The van der Waals surface area contributed by atoms with Crippen LogP contribution in [0.4, 0.5) is 0 Å². The normalized spacial score (nSPS) is 17.7. The molecule has 90 valence electrons. The third-order valence-electron chi connectivity index (χ3n) is 3.35. The number of aryl methyl sites for hydroxylation is 1. The number of rotatable bonds is 2. The van der Waals surface area contributed by atoms with Crippen molar-refractivity contribution in [3.05, 3.63) is 30.1 Å². The maximum absolute atomic E-state index is 5.36. The van der Waals surface area contributed by atoms with Gasteiger partial charge < -0.3 is 9.30 Å². The van der Waals surface area contributed by atoms with Gasteiger partial charge in [-0.25, -0.2) is 4.98 Å². The second kappa shape index (κ2) is 4.47. The molecule has 1 aromatic carbocycles. The summed E-state index contributed by atoms with van der Waals surface area (Å²) in [5.74, 6) is 1.13. The monoisotopic (exact) mass is 231 g/mol. The van der Waals surface area contributed by atoms with Crippen LogP contribution in [0.1, 0.15) is 5.82 Å². The minimum atomic E-state index is 0.837. The third kappa shape index (κ3) is 2.06. The largest absolute Gasteiger partial charge is 0.379 e. The van der Waals surface area contributed by atoms with Crippen LogP contribution in [-0.2, 0) is 18.3 Å². The Morgan fingerprint density at radius 3 is 2.76 bits per heavy atom. The lowest BCUT2D eigenvalue weighted by molar-refractivity contribution is 0.0328. The summed E-state index contributed by atoms with van der Waals surface area (Å²) in [4.78, 5) is 7.08. The van der Waals surface area contributed by atoms with Crippen LogP contribution in [0, 0.1) is 0 Å². The molecule has 3 rings (SSSR count). The zero-order valence-corrected chi connectivity index (χ0v) is 10.1. The zero-order valence-electron chi connectivity index (χ0n) is 10.1. The maximum atomic E-state index is 5.36. The van der Waals surface area contributed by atoms with Gasteiger partial charge >= 0.3 is 0 Å². The van der Waals surface area contributed by atoms with Gasteiger partial charge in [0.15, 0.2) is 0 Å². The van der Waals surface area contributed by atoms with Crippen LogP contribution in [0.15, 0.2) is 24.3 Å². The summed E-state index contributed by atoms with van der Waals surface area (Å²) in [5.41, 5.74) is 2.29. The number of ether oxygens (including phenoxy) is 1. The van der Waals surface area contributed by atoms with Crippen molar-refractivity contribution in [2.75, 3.05) is 26.3 Å². The van der Waals surface area contributed by atoms with Gasteiger partial charge in [0.05, 0.1) is 30.8 Å². The van der Waals surface area contributed by atoms with E-state index in [-0.39, 0.29) is 0 Å². The molecule has 1 saturated heterocycles. The van der Waals surface area contributed by atoms with Crippen LogP contribution >= 0.6 is 0 Å². The number of benzene rings is 1. The van der Waals surface area contributed by atoms with E-state index in [0.717, 1.165) is 44.2 Å². The van der Waals surface area contributed by atoms with Crippen molar-refractivity contribution in [3.63, 3.8) is 0 Å². The first-order chi connectivity index (χ1) is 8.34. The zero-order chi connectivity index (χ0) is 11.7. The van der Waals surface area contributed by atoms with Crippen molar-refractivity contribution in [1.29, 1.82) is 0 Å². The first kappa shape index (κ1) is 10.7. The lowest BCUT2D eigenvalue weighted by Crippen LogP contribution is -2.36. The van der Waals surface area contributed by atoms with E-state index in [1.165, 1.54) is 5.52 Å². The molecule has 0 aliphatic carbocycles. The molecular formula is C13H17N3O. The highest BCUT2D eigenvalue weighted by Gasteiger charge is 2.14. The summed E-state index contributed by atoms with van der Waals surface area (Å²) in [6.45, 7) is 4.59. The topological polar surface area (TPSA) is 30.3 Å². The van der Waals surface area contributed by atoms with Crippen molar-refractivity contribution in [2.45, 2.75) is 6.54 Å². The van der Waals surface area contributed by atoms with Gasteiger partial charge in [-0.3, -0.25) is 4.90 Å². The molecule has 0 saturated carbocycles. The number of aromatic nitrogens is 2. The summed E-state index contributed by atoms with van der Waals surface area (Å²) >= 11 is 0. The van der Waals surface area contributed by atoms with Crippen LogP contribution in [0.25, 0.3) is 11.0 Å². The molecule has 2 heterocycles. The van der Waals surface area contributed by atoms with E-state index >= 15 is 0 Å². The van der Waals surface area contributed by atoms with Crippen molar-refractivity contribution >= 4 is 11.0 Å². The Bertz CT molecular complexity index is 514. The number of fused-ring (bicyclic) bond motifs is 1. The average Bonchev–Trinajstić information content (AvgIpc) is 2.68. The standard InChI is InChI=1S/C13H17N3O/c1-15-12-5-3-2-4-11(12)14-13(15)10-16-6-8-17-9-7-16/h2-5H,6-10H2,1H3. The van der Waals surface area contributed by atoms with E-state index < -0.39 is 0 Å². The molecule has 0 spiro atoms. The van der Waals surface area contributed by atoms with Gasteiger partial charge in [0, 0.05) is 20.1 Å². The van der Waals surface area contributed by atoms with Gasteiger partial charge in [-0.1, -0.05) is 12.1 Å². The fraction of sp³-hybridized carbons (Fsp3) is 0.462. The van der Waals surface area contributed by atoms with Gasteiger partial charge in [0.1, 0.15) is 5.82 Å². The van der Waals surface area contributed by atoms with Gasteiger partial charge in [-0.15, -0.1) is 0 Å². The van der Waals surface area contributed by atoms with E-state index in [1.54, 1.807) is 0 Å². The molecule has 1 aromatic heterocycles. The molecule has 1 fully saturated rings. The van der Waals surface area contributed by atoms with Gasteiger partial charge in [-0.05, 0) is 12.1 Å². The van der Waals surface area contributed by atoms with E-state index in [4.69, 9.17) is 4.74 Å². The molecule has 17 heavy (non-hydrogen) atoms. The number of hydrogen-bond donors (Lipinski definition) is 0. The second-order valence-corrected chi connectivity index (χ2v) is 4.46. The Hall–Kier alpha value is -1.39. The van der Waals surface area contributed by atoms with E-state index in [9.17, 15) is 0 Å². The van der Waals surface area contributed by atoms with Crippen molar-refractivity contribution < 1.29 is 4.74 Å². The van der Waals surface area contributed by atoms with Gasteiger partial charge in [-0.2, -0.15) is 0 Å². The predicted octanol–water partition coefficient (Wildman–Crippen LogP) is 1.41. The number of hydrogen-bond acceptors (Lipinski definition) is 3. The van der Waals surface area contributed by atoms with E-state index in [1.807, 2.05) is 6.07 Å². The van der Waals surface area contributed by atoms with Crippen LogP contribution < -0.4 is 0 Å². The van der Waals surface area contributed by atoms with Crippen molar-refractivity contribution in [2.24, 2.45) is 7.05 Å². The SMILES string of the molecule is Cn1c(CN2CCOCC2)nc2ccccc21. The van der Waals surface area contributed by atoms with Crippen molar-refractivity contribution in [3.8, 4) is 0 Å². The molecule has 4 heteroatoms. The lowest BCUT2D eigenvalue weighted by atomic mass is 10.3. The smallest absolute Gasteiger partial charge is 0.123 e. The molecular weight excluding hydrogens is 214 g/mol. The number of morpholine rings is 1. The molecule has 0 amide bonds. The van der Waals surface area contributed by atoms with Crippen LogP contribution in [0.2, 0.25) is 0 Å². The molecule has 0 unspecified atom stereocenters. The predicted molar refractivity (Wildman–Crippen MR) is 66.8 cm³/mol.